The Bertz CT molecular complexity index is 1460. The SMILES string of the molecule is CCc1cn[nH]c1-c1ccc(-c2cnn3ccc(N4C(=O)N(C[C@H]5CCCN5CC)C[C@@H]4C(C)C)nc23)cc1.[HH]. The first-order valence-corrected chi connectivity index (χ1v) is 14.3. The van der Waals surface area contributed by atoms with Crippen LogP contribution in [-0.2, 0) is 6.42 Å². The maximum atomic E-state index is 13.8. The van der Waals surface area contributed by atoms with Crippen LogP contribution in [0.5, 0.6) is 0 Å². The van der Waals surface area contributed by atoms with Crippen molar-refractivity contribution < 1.29 is 6.22 Å². The summed E-state index contributed by atoms with van der Waals surface area (Å²) in [5.74, 6) is 1.01. The summed E-state index contributed by atoms with van der Waals surface area (Å²) in [6.45, 7) is 12.4. The fourth-order valence-corrected chi connectivity index (χ4v) is 6.22. The quantitative estimate of drug-likeness (QED) is 0.333. The summed E-state index contributed by atoms with van der Waals surface area (Å²) in [5.41, 5.74) is 6.08. The number of nitrogens with zero attached hydrogens (tertiary/aromatic N) is 7. The van der Waals surface area contributed by atoms with E-state index in [0.29, 0.717) is 17.8 Å². The molecular weight excluding hydrogens is 488 g/mol. The van der Waals surface area contributed by atoms with Gasteiger partial charge < -0.3 is 4.90 Å². The molecule has 39 heavy (non-hydrogen) atoms. The Morgan fingerprint density at radius 1 is 1.10 bits per heavy atom. The maximum absolute atomic E-state index is 13.8. The Labute approximate surface area is 231 Å². The summed E-state index contributed by atoms with van der Waals surface area (Å²) < 4.78 is 1.79. The van der Waals surface area contributed by atoms with E-state index in [1.54, 1.807) is 4.52 Å². The highest BCUT2D eigenvalue weighted by Crippen LogP contribution is 2.32. The standard InChI is InChI=1S/C30H38N8O.H2/c1-5-21-16-31-34-28(21)23-11-9-22(10-12-23)25-17-32-37-15-13-27(33-29(25)37)38-26(20(3)4)19-36(30(38)39)18-24-8-7-14-35(24)6-2;/h9-13,15-17,20,24,26H,5-8,14,18-19H2,1-4H3,(H,31,34);1H/t24-,26-;/m1./s1. The van der Waals surface area contributed by atoms with Crippen molar-refractivity contribution in [2.75, 3.05) is 31.1 Å². The molecule has 206 valence electrons. The minimum Gasteiger partial charge on any atom is -0.321 e. The molecule has 2 atom stereocenters. The van der Waals surface area contributed by atoms with Gasteiger partial charge in [-0.15, -0.1) is 0 Å². The largest absolute Gasteiger partial charge is 0.326 e. The van der Waals surface area contributed by atoms with Crippen molar-refractivity contribution in [1.82, 2.24) is 34.6 Å². The van der Waals surface area contributed by atoms with Gasteiger partial charge in [0.25, 0.3) is 0 Å². The normalized spacial score (nSPS) is 20.3. The van der Waals surface area contributed by atoms with Crippen molar-refractivity contribution in [3.63, 3.8) is 0 Å². The second kappa shape index (κ2) is 10.4. The zero-order valence-corrected chi connectivity index (χ0v) is 23.3. The van der Waals surface area contributed by atoms with Gasteiger partial charge in [-0.1, -0.05) is 52.0 Å². The van der Waals surface area contributed by atoms with E-state index in [4.69, 9.17) is 4.98 Å². The summed E-state index contributed by atoms with van der Waals surface area (Å²) >= 11 is 0. The summed E-state index contributed by atoms with van der Waals surface area (Å²) in [5, 5.41) is 11.9. The van der Waals surface area contributed by atoms with Gasteiger partial charge in [-0.3, -0.25) is 14.9 Å². The molecule has 9 heteroatoms. The van der Waals surface area contributed by atoms with E-state index in [2.05, 4.69) is 72.2 Å². The molecule has 9 nitrogen and oxygen atoms in total. The van der Waals surface area contributed by atoms with Crippen LogP contribution in [0.4, 0.5) is 10.6 Å². The van der Waals surface area contributed by atoms with E-state index in [9.17, 15) is 4.79 Å². The first kappa shape index (κ1) is 25.6. The van der Waals surface area contributed by atoms with Crippen molar-refractivity contribution >= 4 is 17.5 Å². The number of rotatable bonds is 8. The molecule has 5 heterocycles. The third-order valence-electron chi connectivity index (χ3n) is 8.51. The summed E-state index contributed by atoms with van der Waals surface area (Å²) in [7, 11) is 0. The molecule has 1 aromatic carbocycles. The number of urea groups is 1. The molecule has 0 bridgehead atoms. The smallest absolute Gasteiger partial charge is 0.321 e. The number of fused-ring (bicyclic) bond motifs is 1. The van der Waals surface area contributed by atoms with Crippen molar-refractivity contribution in [2.45, 2.75) is 59.0 Å². The molecule has 3 aromatic heterocycles. The average Bonchev–Trinajstić information content (AvgIpc) is 3.75. The summed E-state index contributed by atoms with van der Waals surface area (Å²) in [6.07, 6.45) is 8.95. The van der Waals surface area contributed by atoms with E-state index < -0.39 is 0 Å². The lowest BCUT2D eigenvalue weighted by Crippen LogP contribution is -2.42. The van der Waals surface area contributed by atoms with E-state index in [1.807, 2.05) is 34.5 Å². The van der Waals surface area contributed by atoms with Crippen molar-refractivity contribution in [3.8, 4) is 22.4 Å². The number of aryl methyl sites for hydroxylation is 1. The van der Waals surface area contributed by atoms with E-state index in [-0.39, 0.29) is 13.5 Å². The minimum absolute atomic E-state index is 0. The highest BCUT2D eigenvalue weighted by molar-refractivity contribution is 5.94. The van der Waals surface area contributed by atoms with Crippen LogP contribution < -0.4 is 4.90 Å². The summed E-state index contributed by atoms with van der Waals surface area (Å²) in [6, 6.07) is 10.9. The van der Waals surface area contributed by atoms with Crippen LogP contribution in [0.1, 0.15) is 47.5 Å². The predicted molar refractivity (Wildman–Crippen MR) is 156 cm³/mol. The van der Waals surface area contributed by atoms with Crippen molar-refractivity contribution in [3.05, 3.63) is 54.5 Å². The lowest BCUT2D eigenvalue weighted by molar-refractivity contribution is 0.186. The van der Waals surface area contributed by atoms with E-state index >= 15 is 0 Å². The molecule has 0 saturated carbocycles. The lowest BCUT2D eigenvalue weighted by atomic mass is 10.0. The Kier molecular flexibility index (Phi) is 6.85. The van der Waals surface area contributed by atoms with Gasteiger partial charge in [0, 0.05) is 32.3 Å². The van der Waals surface area contributed by atoms with Crippen LogP contribution in [0, 0.1) is 5.92 Å². The molecule has 2 amide bonds. The Morgan fingerprint density at radius 3 is 2.64 bits per heavy atom. The average molecular weight is 529 g/mol. The molecule has 6 rings (SSSR count). The number of hydrogen-bond donors (Lipinski definition) is 1. The number of nitrogens with one attached hydrogen (secondary N) is 1. The van der Waals surface area contributed by atoms with Gasteiger partial charge in [0.05, 0.1) is 24.1 Å². The first-order chi connectivity index (χ1) is 19.0. The van der Waals surface area contributed by atoms with Crippen LogP contribution in [-0.4, -0.2) is 78.9 Å². The molecule has 0 unspecified atom stereocenters. The molecule has 0 spiro atoms. The first-order valence-electron chi connectivity index (χ1n) is 14.3. The number of likely N-dealkylation sites (tertiary alicyclic amines) is 1. The molecule has 4 aromatic rings. The number of likely N-dealkylation sites (N-methyl/N-ethyl adjacent to an activating group) is 1. The van der Waals surface area contributed by atoms with Crippen LogP contribution in [0.25, 0.3) is 28.0 Å². The third-order valence-corrected chi connectivity index (χ3v) is 8.51. The Morgan fingerprint density at radius 2 is 1.90 bits per heavy atom. The number of aromatic amines is 1. The summed E-state index contributed by atoms with van der Waals surface area (Å²) in [4.78, 5) is 25.3. The molecule has 2 fully saturated rings. The van der Waals surface area contributed by atoms with Crippen LogP contribution in [0.15, 0.2) is 48.9 Å². The van der Waals surface area contributed by atoms with Crippen LogP contribution in [0.2, 0.25) is 0 Å². The predicted octanol–water partition coefficient (Wildman–Crippen LogP) is 5.35. The fraction of sp³-hybridized carbons (Fsp3) is 0.467. The molecule has 2 saturated heterocycles. The Hall–Kier alpha value is -3.72. The van der Waals surface area contributed by atoms with Crippen molar-refractivity contribution in [1.29, 1.82) is 0 Å². The molecule has 0 aliphatic carbocycles. The van der Waals surface area contributed by atoms with E-state index in [1.165, 1.54) is 12.0 Å². The fourth-order valence-electron chi connectivity index (χ4n) is 6.22. The highest BCUT2D eigenvalue weighted by Gasteiger charge is 2.42. The van der Waals surface area contributed by atoms with Gasteiger partial charge in [-0.2, -0.15) is 10.2 Å². The van der Waals surface area contributed by atoms with Gasteiger partial charge >= 0.3 is 6.03 Å². The number of amides is 2. The van der Waals surface area contributed by atoms with Gasteiger partial charge in [0.1, 0.15) is 5.82 Å². The van der Waals surface area contributed by atoms with Gasteiger partial charge in [0.15, 0.2) is 5.65 Å². The number of H-pyrrole nitrogens is 1. The number of carbonyl (C=O) groups excluding carboxylic acids is 1. The monoisotopic (exact) mass is 528 g/mol. The number of anilines is 1. The Balaban J connectivity index is 0.00000323. The van der Waals surface area contributed by atoms with Crippen LogP contribution in [0.3, 0.4) is 0 Å². The topological polar surface area (TPSA) is 85.7 Å². The van der Waals surface area contributed by atoms with Gasteiger partial charge in [-0.05, 0) is 61.0 Å². The second-order valence-electron chi connectivity index (χ2n) is 11.1. The second-order valence-corrected chi connectivity index (χ2v) is 11.1. The molecule has 0 radical (unpaired) electrons. The van der Waals surface area contributed by atoms with Crippen molar-refractivity contribution in [2.24, 2.45) is 5.92 Å². The number of carbonyl (C=O) groups is 1. The van der Waals surface area contributed by atoms with Gasteiger partial charge in [-0.25, -0.2) is 14.3 Å². The zero-order valence-electron chi connectivity index (χ0n) is 23.3. The zero-order chi connectivity index (χ0) is 27.1. The number of hydrogen-bond acceptors (Lipinski definition) is 5. The number of aromatic nitrogens is 5. The lowest BCUT2D eigenvalue weighted by Gasteiger charge is -2.27. The molecule has 2 aliphatic rings. The van der Waals surface area contributed by atoms with Crippen LogP contribution >= 0.6 is 0 Å². The minimum atomic E-state index is 0. The highest BCUT2D eigenvalue weighted by atomic mass is 16.2. The molecule has 2 aliphatic heterocycles. The molecular formula is C30H40N8O. The van der Waals surface area contributed by atoms with Gasteiger partial charge in [0.2, 0.25) is 0 Å². The third kappa shape index (κ3) is 4.58. The maximum Gasteiger partial charge on any atom is 0.326 e. The number of benzene rings is 1. The van der Waals surface area contributed by atoms with E-state index in [0.717, 1.165) is 67.1 Å². The molecule has 1 N–H and O–H groups in total.